The van der Waals surface area contributed by atoms with Crippen LogP contribution in [0.4, 0.5) is 11.6 Å². The van der Waals surface area contributed by atoms with Gasteiger partial charge in [-0.25, -0.2) is 10.1 Å². The predicted octanol–water partition coefficient (Wildman–Crippen LogP) is 3.43. The second-order valence-electron chi connectivity index (χ2n) is 6.76. The summed E-state index contributed by atoms with van der Waals surface area (Å²) in [5.41, 5.74) is 5.75. The summed E-state index contributed by atoms with van der Waals surface area (Å²) in [5, 5.41) is 15.3. The first-order valence-electron chi connectivity index (χ1n) is 9.70. The highest BCUT2D eigenvalue weighted by Gasteiger charge is 2.12. The van der Waals surface area contributed by atoms with Crippen LogP contribution in [0.5, 0.6) is 0 Å². The molecule has 4 N–H and O–H groups in total. The Bertz CT molecular complexity index is 1140. The van der Waals surface area contributed by atoms with Crippen LogP contribution in [0.25, 0.3) is 6.08 Å². The number of aromatic nitrogens is 3. The van der Waals surface area contributed by atoms with Gasteiger partial charge < -0.3 is 11.2 Å². The van der Waals surface area contributed by atoms with Crippen molar-refractivity contribution in [1.82, 2.24) is 14.9 Å². The number of hydrogen-bond donors (Lipinski definition) is 3. The van der Waals surface area contributed by atoms with Crippen molar-refractivity contribution in [1.29, 1.82) is 0 Å². The fraction of sp³-hybridized carbons (Fsp3) is 0.136. The predicted molar refractivity (Wildman–Crippen MR) is 128 cm³/mol. The van der Waals surface area contributed by atoms with Gasteiger partial charge in [0.2, 0.25) is 11.1 Å². The topological polar surface area (TPSA) is 127 Å². The first kappa shape index (κ1) is 22.8. The molecule has 0 radical (unpaired) electrons. The summed E-state index contributed by atoms with van der Waals surface area (Å²) in [5.74, 6) is 6.07. The Balaban J connectivity index is 1.51. The van der Waals surface area contributed by atoms with Crippen molar-refractivity contribution in [3.8, 4) is 0 Å². The van der Waals surface area contributed by atoms with Crippen LogP contribution in [0.2, 0.25) is 0 Å². The molecule has 1 amide bonds. The molecular weight excluding hydrogens is 426 g/mol. The van der Waals surface area contributed by atoms with E-state index >= 15 is 0 Å². The van der Waals surface area contributed by atoms with Gasteiger partial charge in [0, 0.05) is 11.3 Å². The monoisotopic (exact) mass is 449 g/mol. The van der Waals surface area contributed by atoms with Gasteiger partial charge in [-0.3, -0.25) is 9.59 Å². The van der Waals surface area contributed by atoms with Crippen LogP contribution in [0.1, 0.15) is 29.8 Å². The number of hydrazone groups is 1. The summed E-state index contributed by atoms with van der Waals surface area (Å²) in [6.07, 6.45) is 3.81. The lowest BCUT2D eigenvalue weighted by Gasteiger charge is -2.06. The minimum Gasteiger partial charge on any atom is -0.334 e. The quantitative estimate of drug-likeness (QED) is 0.150. The number of amides is 1. The van der Waals surface area contributed by atoms with E-state index < -0.39 is 0 Å². The number of hydrogen-bond acceptors (Lipinski definition) is 8. The molecule has 0 aliphatic carbocycles. The van der Waals surface area contributed by atoms with Gasteiger partial charge in [0.05, 0.1) is 11.5 Å². The summed E-state index contributed by atoms with van der Waals surface area (Å²) in [7, 11) is 0. The van der Waals surface area contributed by atoms with Gasteiger partial charge in [-0.1, -0.05) is 48.2 Å². The smallest absolute Gasteiger partial charge is 0.264 e. The third kappa shape index (κ3) is 6.54. The number of Topliss-reactive ketones (excluding diaryl/α,β-unsaturated/α-hetero) is 1. The standard InChI is InChI=1S/C22H23N7O2S/c1-15(8-9-17-6-4-3-5-7-17)25-26-21-27-28-22(29(21)23)32-14-20(31)24-19-12-10-18(11-13-19)16(2)30/h3-13H,14,23H2,1-2H3,(H,24,31)(H,26,27)/b9-8+,25-15+. The van der Waals surface area contributed by atoms with Gasteiger partial charge in [-0.15, -0.1) is 10.2 Å². The van der Waals surface area contributed by atoms with E-state index in [4.69, 9.17) is 5.84 Å². The van der Waals surface area contributed by atoms with Crippen LogP contribution >= 0.6 is 11.8 Å². The van der Waals surface area contributed by atoms with Crippen LogP contribution < -0.4 is 16.6 Å². The lowest BCUT2D eigenvalue weighted by atomic mass is 10.1. The summed E-state index contributed by atoms with van der Waals surface area (Å²) in [4.78, 5) is 23.5. The molecule has 3 aromatic rings. The molecule has 0 aliphatic rings. The van der Waals surface area contributed by atoms with E-state index in [1.165, 1.54) is 11.6 Å². The first-order valence-corrected chi connectivity index (χ1v) is 10.7. The summed E-state index contributed by atoms with van der Waals surface area (Å²) in [6.45, 7) is 3.33. The number of nitrogens with two attached hydrogens (primary N) is 1. The fourth-order valence-corrected chi connectivity index (χ4v) is 3.18. The van der Waals surface area contributed by atoms with Crippen molar-refractivity contribution in [2.24, 2.45) is 5.10 Å². The van der Waals surface area contributed by atoms with Crippen molar-refractivity contribution < 1.29 is 9.59 Å². The number of carbonyl (C=O) groups is 2. The molecule has 9 nitrogen and oxygen atoms in total. The molecule has 0 bridgehead atoms. The van der Waals surface area contributed by atoms with Crippen molar-refractivity contribution in [3.63, 3.8) is 0 Å². The van der Waals surface area contributed by atoms with Crippen LogP contribution in [-0.4, -0.2) is 38.0 Å². The van der Waals surface area contributed by atoms with E-state index in [9.17, 15) is 9.59 Å². The van der Waals surface area contributed by atoms with E-state index in [2.05, 4.69) is 26.0 Å². The molecule has 0 saturated heterocycles. The maximum Gasteiger partial charge on any atom is 0.264 e. The normalized spacial score (nSPS) is 11.5. The molecule has 1 heterocycles. The van der Waals surface area contributed by atoms with Gasteiger partial charge in [-0.2, -0.15) is 5.10 Å². The number of nitrogens with one attached hydrogen (secondary N) is 2. The summed E-state index contributed by atoms with van der Waals surface area (Å²) < 4.78 is 1.23. The Morgan fingerprint density at radius 1 is 1.09 bits per heavy atom. The lowest BCUT2D eigenvalue weighted by molar-refractivity contribution is -0.113. The SMILES string of the molecule is CC(=O)c1ccc(NC(=O)CSc2nnc(N/N=C(C)/C=C/c3ccccc3)n2N)cc1. The second-order valence-corrected chi connectivity index (χ2v) is 7.70. The Morgan fingerprint density at radius 3 is 2.50 bits per heavy atom. The van der Waals surface area contributed by atoms with Crippen LogP contribution in [0, 0.1) is 0 Å². The molecule has 2 aromatic carbocycles. The molecule has 3 rings (SSSR count). The number of allylic oxidation sites excluding steroid dienone is 1. The summed E-state index contributed by atoms with van der Waals surface area (Å²) in [6, 6.07) is 16.6. The minimum absolute atomic E-state index is 0.0307. The minimum atomic E-state index is -0.233. The molecule has 0 aliphatic heterocycles. The second kappa shape index (κ2) is 10.9. The van der Waals surface area contributed by atoms with E-state index in [0.717, 1.165) is 23.0 Å². The number of rotatable bonds is 9. The molecule has 10 heteroatoms. The zero-order valence-corrected chi connectivity index (χ0v) is 18.5. The first-order chi connectivity index (χ1) is 15.4. The lowest BCUT2D eigenvalue weighted by Crippen LogP contribution is -2.17. The third-order valence-electron chi connectivity index (χ3n) is 4.22. The van der Waals surface area contributed by atoms with Gasteiger partial charge in [0.1, 0.15) is 0 Å². The number of nitrogen functional groups attached to an aromatic ring is 1. The number of ketones is 1. The highest BCUT2D eigenvalue weighted by atomic mass is 32.2. The molecular formula is C22H23N7O2S. The van der Waals surface area contributed by atoms with Crippen LogP contribution in [-0.2, 0) is 4.79 Å². The highest BCUT2D eigenvalue weighted by Crippen LogP contribution is 2.17. The highest BCUT2D eigenvalue weighted by molar-refractivity contribution is 7.99. The third-order valence-corrected chi connectivity index (χ3v) is 5.16. The van der Waals surface area contributed by atoms with Crippen molar-refractivity contribution in [3.05, 3.63) is 71.8 Å². The number of nitrogens with zero attached hydrogens (tertiary/aromatic N) is 4. The number of benzene rings is 2. The number of thioether (sulfide) groups is 1. The Morgan fingerprint density at radius 2 is 1.81 bits per heavy atom. The molecule has 0 spiro atoms. The maximum absolute atomic E-state index is 12.2. The van der Waals surface area contributed by atoms with Gasteiger partial charge in [0.15, 0.2) is 5.78 Å². The van der Waals surface area contributed by atoms with Crippen LogP contribution in [0.3, 0.4) is 0 Å². The van der Waals surface area contributed by atoms with Crippen molar-refractivity contribution >= 4 is 46.9 Å². The van der Waals surface area contributed by atoms with Crippen LogP contribution in [0.15, 0.2) is 70.9 Å². The molecule has 0 fully saturated rings. The van der Waals surface area contributed by atoms with Crippen molar-refractivity contribution in [2.45, 2.75) is 19.0 Å². The molecule has 0 atom stereocenters. The fourth-order valence-electron chi connectivity index (χ4n) is 2.52. The average molecular weight is 450 g/mol. The molecule has 0 unspecified atom stereocenters. The Labute approximate surface area is 189 Å². The molecule has 164 valence electrons. The van der Waals surface area contributed by atoms with Crippen molar-refractivity contribution in [2.75, 3.05) is 22.3 Å². The number of carbonyl (C=O) groups excluding carboxylic acids is 2. The summed E-state index contributed by atoms with van der Waals surface area (Å²) >= 11 is 1.14. The Kier molecular flexibility index (Phi) is 7.76. The molecule has 32 heavy (non-hydrogen) atoms. The zero-order valence-electron chi connectivity index (χ0n) is 17.6. The van der Waals surface area contributed by atoms with E-state index in [-0.39, 0.29) is 23.4 Å². The molecule has 0 saturated carbocycles. The van der Waals surface area contributed by atoms with E-state index in [1.807, 2.05) is 49.4 Å². The molecule has 1 aromatic heterocycles. The Hall–Kier alpha value is -3.92. The average Bonchev–Trinajstić information content (AvgIpc) is 3.15. The van der Waals surface area contributed by atoms with Gasteiger partial charge in [0.25, 0.3) is 5.95 Å². The van der Waals surface area contributed by atoms with E-state index in [1.54, 1.807) is 24.3 Å². The largest absolute Gasteiger partial charge is 0.334 e. The van der Waals surface area contributed by atoms with E-state index in [0.29, 0.717) is 16.4 Å². The maximum atomic E-state index is 12.2. The van der Waals surface area contributed by atoms with Gasteiger partial charge in [-0.05, 0) is 49.8 Å². The number of anilines is 2. The zero-order chi connectivity index (χ0) is 22.9. The van der Waals surface area contributed by atoms with Gasteiger partial charge >= 0.3 is 0 Å².